The molecule has 0 bridgehead atoms. The number of nitriles is 1. The van der Waals surface area contributed by atoms with Crippen molar-refractivity contribution in [3.63, 3.8) is 0 Å². The molecule has 0 aliphatic rings. The monoisotopic (exact) mass is 404 g/mol. The van der Waals surface area contributed by atoms with Crippen molar-refractivity contribution >= 4 is 45.2 Å². The minimum atomic E-state index is -0.516. The van der Waals surface area contributed by atoms with Crippen LogP contribution < -0.4 is 10.1 Å². The lowest BCUT2D eigenvalue weighted by atomic mass is 10.1. The van der Waals surface area contributed by atoms with Crippen molar-refractivity contribution in [2.75, 3.05) is 12.4 Å². The Balaban J connectivity index is 2.31. The predicted molar refractivity (Wildman–Crippen MR) is 99.1 cm³/mol. The third-order valence-corrected chi connectivity index (χ3v) is 4.15. The molecule has 0 radical (unpaired) electrons. The Hall–Kier alpha value is -2.29. The van der Waals surface area contributed by atoms with Gasteiger partial charge < -0.3 is 10.1 Å². The molecule has 0 atom stereocenters. The summed E-state index contributed by atoms with van der Waals surface area (Å²) in [7, 11) is 1.49. The number of carbonyl (C=O) groups is 1. The zero-order valence-corrected chi connectivity index (χ0v) is 15.4. The first-order valence-corrected chi connectivity index (χ1v) is 8.14. The van der Waals surface area contributed by atoms with Crippen LogP contribution in [0.5, 0.6) is 5.75 Å². The molecule has 0 aliphatic carbocycles. The minimum Gasteiger partial charge on any atom is -0.495 e. The van der Waals surface area contributed by atoms with Gasteiger partial charge in [-0.2, -0.15) is 5.26 Å². The van der Waals surface area contributed by atoms with E-state index in [1.54, 1.807) is 12.1 Å². The molecule has 0 aliphatic heterocycles. The van der Waals surface area contributed by atoms with E-state index in [4.69, 9.17) is 16.3 Å². The van der Waals surface area contributed by atoms with E-state index < -0.39 is 5.91 Å². The number of nitrogens with zero attached hydrogens (tertiary/aromatic N) is 1. The maximum absolute atomic E-state index is 12.4. The summed E-state index contributed by atoms with van der Waals surface area (Å²) in [4.78, 5) is 12.4. The van der Waals surface area contributed by atoms with Crippen LogP contribution in [0.2, 0.25) is 5.02 Å². The molecule has 0 aromatic heterocycles. The highest BCUT2D eigenvalue weighted by Gasteiger charge is 2.14. The summed E-state index contributed by atoms with van der Waals surface area (Å²) in [6.07, 6.45) is 1.52. The fraction of sp³-hybridized carbons (Fsp3) is 0.111. The van der Waals surface area contributed by atoms with Crippen LogP contribution in [0.3, 0.4) is 0 Å². The van der Waals surface area contributed by atoms with Crippen LogP contribution in [-0.2, 0) is 4.79 Å². The van der Waals surface area contributed by atoms with Crippen LogP contribution in [0.15, 0.2) is 46.4 Å². The molecule has 0 heterocycles. The first kappa shape index (κ1) is 18.1. The molecule has 0 spiro atoms. The molecule has 0 unspecified atom stereocenters. The summed E-state index contributed by atoms with van der Waals surface area (Å²) in [6, 6.07) is 12.6. The molecule has 2 aromatic rings. The van der Waals surface area contributed by atoms with Gasteiger partial charge in [-0.3, -0.25) is 4.79 Å². The number of halogens is 2. The fourth-order valence-electron chi connectivity index (χ4n) is 2.03. The smallest absolute Gasteiger partial charge is 0.266 e. The van der Waals surface area contributed by atoms with Gasteiger partial charge in [0, 0.05) is 15.6 Å². The number of aryl methyl sites for hydroxylation is 1. The number of benzene rings is 2. The Morgan fingerprint density at radius 1 is 1.38 bits per heavy atom. The molecule has 2 aromatic carbocycles. The molecular weight excluding hydrogens is 392 g/mol. The number of anilines is 1. The average Bonchev–Trinajstić information content (AvgIpc) is 2.55. The van der Waals surface area contributed by atoms with Crippen LogP contribution in [0.1, 0.15) is 11.1 Å². The zero-order valence-electron chi connectivity index (χ0n) is 13.1. The fourth-order valence-corrected chi connectivity index (χ4v) is 2.60. The summed E-state index contributed by atoms with van der Waals surface area (Å²) >= 11 is 9.41. The van der Waals surface area contributed by atoms with E-state index in [2.05, 4.69) is 21.2 Å². The number of rotatable bonds is 4. The van der Waals surface area contributed by atoms with Gasteiger partial charge in [0.25, 0.3) is 5.91 Å². The van der Waals surface area contributed by atoms with Gasteiger partial charge in [-0.05, 0) is 42.3 Å². The van der Waals surface area contributed by atoms with Crippen molar-refractivity contribution < 1.29 is 9.53 Å². The number of amides is 1. The van der Waals surface area contributed by atoms with Crippen LogP contribution in [0.4, 0.5) is 5.69 Å². The van der Waals surface area contributed by atoms with Crippen molar-refractivity contribution in [2.24, 2.45) is 0 Å². The van der Waals surface area contributed by atoms with Crippen molar-refractivity contribution in [3.8, 4) is 11.8 Å². The molecule has 24 heavy (non-hydrogen) atoms. The molecule has 4 nitrogen and oxygen atoms in total. The van der Waals surface area contributed by atoms with Crippen molar-refractivity contribution in [2.45, 2.75) is 6.92 Å². The Morgan fingerprint density at radius 3 is 2.75 bits per heavy atom. The standard InChI is InChI=1S/C18H14BrClN2O2/c1-11-6-16(17(24-2)9-15(11)20)22-18(23)13(10-21)7-12-4-3-5-14(19)8-12/h3-9H,1-2H3,(H,22,23). The number of hydrogen-bond donors (Lipinski definition) is 1. The van der Waals surface area contributed by atoms with Crippen LogP contribution >= 0.6 is 27.5 Å². The quantitative estimate of drug-likeness (QED) is 0.577. The third kappa shape index (κ3) is 4.38. The molecule has 122 valence electrons. The summed E-state index contributed by atoms with van der Waals surface area (Å²) in [6.45, 7) is 1.82. The van der Waals surface area contributed by atoms with Crippen molar-refractivity contribution in [1.82, 2.24) is 0 Å². The number of hydrogen-bond acceptors (Lipinski definition) is 3. The Morgan fingerprint density at radius 2 is 2.12 bits per heavy atom. The number of ether oxygens (including phenoxy) is 1. The van der Waals surface area contributed by atoms with E-state index in [9.17, 15) is 10.1 Å². The predicted octanol–water partition coefficient (Wildman–Crippen LogP) is 4.97. The Kier molecular flexibility index (Phi) is 6.02. The highest BCUT2D eigenvalue weighted by atomic mass is 79.9. The molecule has 6 heteroatoms. The Bertz CT molecular complexity index is 857. The van der Waals surface area contributed by atoms with E-state index in [1.807, 2.05) is 37.3 Å². The SMILES string of the molecule is COc1cc(Cl)c(C)cc1NC(=O)C(C#N)=Cc1cccc(Br)c1. The summed E-state index contributed by atoms with van der Waals surface area (Å²) in [5, 5.41) is 12.5. The molecule has 2 rings (SSSR count). The Labute approximate surface area is 153 Å². The maximum atomic E-state index is 12.4. The summed E-state index contributed by atoms with van der Waals surface area (Å²) in [5.74, 6) is -0.0869. The maximum Gasteiger partial charge on any atom is 0.266 e. The molecule has 0 saturated carbocycles. The molecule has 0 saturated heterocycles. The largest absolute Gasteiger partial charge is 0.495 e. The van der Waals surface area contributed by atoms with E-state index in [1.165, 1.54) is 13.2 Å². The van der Waals surface area contributed by atoms with E-state index in [-0.39, 0.29) is 5.57 Å². The highest BCUT2D eigenvalue weighted by Crippen LogP contribution is 2.31. The average molecular weight is 406 g/mol. The lowest BCUT2D eigenvalue weighted by molar-refractivity contribution is -0.112. The summed E-state index contributed by atoms with van der Waals surface area (Å²) < 4.78 is 6.09. The van der Waals surface area contributed by atoms with Crippen molar-refractivity contribution in [3.05, 3.63) is 62.6 Å². The first-order chi connectivity index (χ1) is 11.4. The topological polar surface area (TPSA) is 62.1 Å². The number of methoxy groups -OCH3 is 1. The zero-order chi connectivity index (χ0) is 17.7. The first-order valence-electron chi connectivity index (χ1n) is 6.97. The van der Waals surface area contributed by atoms with E-state index >= 15 is 0 Å². The summed E-state index contributed by atoms with van der Waals surface area (Å²) in [5.41, 5.74) is 1.99. The van der Waals surface area contributed by atoms with Gasteiger partial charge in [-0.1, -0.05) is 39.7 Å². The van der Waals surface area contributed by atoms with Crippen LogP contribution in [0.25, 0.3) is 6.08 Å². The van der Waals surface area contributed by atoms with Gasteiger partial charge in [0.05, 0.1) is 12.8 Å². The van der Waals surface area contributed by atoms with Crippen LogP contribution in [-0.4, -0.2) is 13.0 Å². The van der Waals surface area contributed by atoms with Gasteiger partial charge in [-0.15, -0.1) is 0 Å². The molecule has 1 N–H and O–H groups in total. The molecular formula is C18H14BrClN2O2. The second kappa shape index (κ2) is 8.00. The van der Waals surface area contributed by atoms with Gasteiger partial charge in [0.1, 0.15) is 17.4 Å². The van der Waals surface area contributed by atoms with E-state index in [0.29, 0.717) is 16.5 Å². The van der Waals surface area contributed by atoms with E-state index in [0.717, 1.165) is 15.6 Å². The minimum absolute atomic E-state index is 0.0113. The van der Waals surface area contributed by atoms with Crippen molar-refractivity contribution in [1.29, 1.82) is 5.26 Å². The van der Waals surface area contributed by atoms with Gasteiger partial charge in [-0.25, -0.2) is 0 Å². The lowest BCUT2D eigenvalue weighted by Crippen LogP contribution is -2.14. The number of nitrogens with one attached hydrogen (secondary N) is 1. The van der Waals surface area contributed by atoms with Gasteiger partial charge >= 0.3 is 0 Å². The molecule has 1 amide bonds. The highest BCUT2D eigenvalue weighted by molar-refractivity contribution is 9.10. The number of carbonyl (C=O) groups excluding carboxylic acids is 1. The second-order valence-corrected chi connectivity index (χ2v) is 6.30. The third-order valence-electron chi connectivity index (χ3n) is 3.25. The van der Waals surface area contributed by atoms with Crippen LogP contribution in [0, 0.1) is 18.3 Å². The molecule has 0 fully saturated rings. The normalized spacial score (nSPS) is 10.9. The van der Waals surface area contributed by atoms with Gasteiger partial charge in [0.2, 0.25) is 0 Å². The second-order valence-electron chi connectivity index (χ2n) is 4.98. The van der Waals surface area contributed by atoms with Gasteiger partial charge in [0.15, 0.2) is 0 Å². The lowest BCUT2D eigenvalue weighted by Gasteiger charge is -2.12.